The Bertz CT molecular complexity index is 544. The number of hydrogen-bond acceptors (Lipinski definition) is 5. The van der Waals surface area contributed by atoms with Crippen LogP contribution in [-0.2, 0) is 9.84 Å². The quantitative estimate of drug-likeness (QED) is 0.741. The van der Waals surface area contributed by atoms with E-state index in [-0.39, 0.29) is 4.90 Å². The van der Waals surface area contributed by atoms with E-state index in [1.165, 1.54) is 12.3 Å². The summed E-state index contributed by atoms with van der Waals surface area (Å²) >= 11 is 0. The second-order valence-corrected chi connectivity index (χ2v) is 6.84. The molecule has 17 heavy (non-hydrogen) atoms. The van der Waals surface area contributed by atoms with Crippen molar-refractivity contribution < 1.29 is 13.5 Å². The first kappa shape index (κ1) is 12.2. The number of nitrogen functional groups attached to an aromatic ring is 1. The van der Waals surface area contributed by atoms with Crippen LogP contribution >= 0.6 is 0 Å². The van der Waals surface area contributed by atoms with Crippen LogP contribution in [0.25, 0.3) is 0 Å². The van der Waals surface area contributed by atoms with Gasteiger partial charge >= 0.3 is 0 Å². The molecule has 1 aliphatic rings. The van der Waals surface area contributed by atoms with Crippen LogP contribution in [0.4, 0.5) is 11.4 Å². The number of anilines is 2. The molecule has 6 heteroatoms. The van der Waals surface area contributed by atoms with Gasteiger partial charge in [-0.15, -0.1) is 0 Å². The second kappa shape index (κ2) is 3.61. The molecule has 1 aromatic carbocycles. The summed E-state index contributed by atoms with van der Waals surface area (Å²) in [6.07, 6.45) is 1.17. The third-order valence-corrected chi connectivity index (χ3v) is 3.93. The van der Waals surface area contributed by atoms with Gasteiger partial charge in [0.15, 0.2) is 9.84 Å². The molecule has 0 radical (unpaired) electrons. The fourth-order valence-corrected chi connectivity index (χ4v) is 2.92. The standard InChI is InChI=1S/C11H16N2O3S/c1-11(14)6-13(7-11)9-5-8(12)3-4-10(9)17(2,15)16/h3-5,14H,6-7,12H2,1-2H3. The fourth-order valence-electron chi connectivity index (χ4n) is 2.04. The molecule has 0 aromatic heterocycles. The zero-order valence-corrected chi connectivity index (χ0v) is 10.7. The van der Waals surface area contributed by atoms with Gasteiger partial charge in [0, 0.05) is 25.0 Å². The Labute approximate surface area is 101 Å². The molecule has 0 spiro atoms. The van der Waals surface area contributed by atoms with Crippen molar-refractivity contribution in [2.75, 3.05) is 30.0 Å². The van der Waals surface area contributed by atoms with Gasteiger partial charge in [0.2, 0.25) is 0 Å². The zero-order chi connectivity index (χ0) is 12.8. The topological polar surface area (TPSA) is 83.6 Å². The number of benzene rings is 1. The zero-order valence-electron chi connectivity index (χ0n) is 9.84. The lowest BCUT2D eigenvalue weighted by Gasteiger charge is -2.46. The minimum Gasteiger partial charge on any atom is -0.399 e. The number of hydrogen-bond donors (Lipinski definition) is 2. The lowest BCUT2D eigenvalue weighted by atomic mass is 9.96. The first-order valence-corrected chi connectivity index (χ1v) is 7.15. The molecular formula is C11H16N2O3S. The van der Waals surface area contributed by atoms with Crippen molar-refractivity contribution in [2.45, 2.75) is 17.4 Å². The monoisotopic (exact) mass is 256 g/mol. The van der Waals surface area contributed by atoms with Gasteiger partial charge in [-0.05, 0) is 25.1 Å². The second-order valence-electron chi connectivity index (χ2n) is 4.85. The van der Waals surface area contributed by atoms with Crippen LogP contribution in [0.2, 0.25) is 0 Å². The van der Waals surface area contributed by atoms with Crippen molar-refractivity contribution in [2.24, 2.45) is 0 Å². The maximum Gasteiger partial charge on any atom is 0.177 e. The first-order valence-electron chi connectivity index (χ1n) is 5.26. The minimum atomic E-state index is -3.29. The molecule has 0 saturated carbocycles. The Balaban J connectivity index is 2.43. The highest BCUT2D eigenvalue weighted by Crippen LogP contribution is 2.33. The molecule has 1 aliphatic heterocycles. The molecule has 0 bridgehead atoms. The Kier molecular flexibility index (Phi) is 2.59. The number of nitrogens with zero attached hydrogens (tertiary/aromatic N) is 1. The van der Waals surface area contributed by atoms with E-state index in [2.05, 4.69) is 0 Å². The van der Waals surface area contributed by atoms with Gasteiger partial charge in [0.25, 0.3) is 0 Å². The van der Waals surface area contributed by atoms with E-state index in [0.717, 1.165) is 0 Å². The lowest BCUT2D eigenvalue weighted by Crippen LogP contribution is -2.60. The summed E-state index contributed by atoms with van der Waals surface area (Å²) in [6.45, 7) is 2.55. The van der Waals surface area contributed by atoms with Gasteiger partial charge in [-0.25, -0.2) is 8.42 Å². The third kappa shape index (κ3) is 2.37. The SMILES string of the molecule is CC1(O)CN(c2cc(N)ccc2S(C)(=O)=O)C1. The predicted molar refractivity (Wildman–Crippen MR) is 66.8 cm³/mol. The third-order valence-electron chi connectivity index (χ3n) is 2.79. The van der Waals surface area contributed by atoms with Crippen molar-refractivity contribution in [3.63, 3.8) is 0 Å². The van der Waals surface area contributed by atoms with Gasteiger partial charge < -0.3 is 15.7 Å². The molecule has 1 saturated heterocycles. The van der Waals surface area contributed by atoms with Crippen LogP contribution in [0.3, 0.4) is 0 Å². The number of nitrogens with two attached hydrogens (primary N) is 1. The molecule has 0 amide bonds. The molecule has 0 aliphatic carbocycles. The summed E-state index contributed by atoms with van der Waals surface area (Å²) in [5.41, 5.74) is 6.00. The lowest BCUT2D eigenvalue weighted by molar-refractivity contribution is 0.0307. The van der Waals surface area contributed by atoms with Crippen LogP contribution in [-0.4, -0.2) is 38.5 Å². The molecule has 94 valence electrons. The molecule has 0 unspecified atom stereocenters. The summed E-state index contributed by atoms with van der Waals surface area (Å²) in [4.78, 5) is 2.06. The van der Waals surface area contributed by atoms with E-state index in [4.69, 9.17) is 5.73 Å². The molecular weight excluding hydrogens is 240 g/mol. The summed E-state index contributed by atoms with van der Waals surface area (Å²) in [7, 11) is -3.29. The molecule has 2 rings (SSSR count). The van der Waals surface area contributed by atoms with Gasteiger partial charge in [-0.1, -0.05) is 0 Å². The molecule has 1 aromatic rings. The molecule has 0 atom stereocenters. The maximum absolute atomic E-state index is 11.6. The van der Waals surface area contributed by atoms with Crippen molar-refractivity contribution in [1.29, 1.82) is 0 Å². The smallest absolute Gasteiger partial charge is 0.177 e. The van der Waals surface area contributed by atoms with Gasteiger partial charge in [0.05, 0.1) is 16.2 Å². The fraction of sp³-hybridized carbons (Fsp3) is 0.455. The van der Waals surface area contributed by atoms with Gasteiger partial charge in [-0.2, -0.15) is 0 Å². The summed E-state index contributed by atoms with van der Waals surface area (Å²) in [5, 5.41) is 9.69. The van der Waals surface area contributed by atoms with Crippen molar-refractivity contribution in [3.8, 4) is 0 Å². The van der Waals surface area contributed by atoms with Crippen LogP contribution in [0.5, 0.6) is 0 Å². The number of β-amino-alcohol motifs (C(OH)–C–C–N with tert-alkyl or cyclic N) is 1. The molecule has 1 heterocycles. The summed E-state index contributed by atoms with van der Waals surface area (Å²) in [6, 6.07) is 4.70. The molecule has 5 nitrogen and oxygen atoms in total. The van der Waals surface area contributed by atoms with Crippen LogP contribution in [0, 0.1) is 0 Å². The summed E-state index contributed by atoms with van der Waals surface area (Å²) in [5.74, 6) is 0. The Morgan fingerprint density at radius 1 is 1.41 bits per heavy atom. The van der Waals surface area contributed by atoms with Crippen LogP contribution in [0.1, 0.15) is 6.92 Å². The number of rotatable bonds is 2. The van der Waals surface area contributed by atoms with E-state index in [1.807, 2.05) is 4.90 Å². The van der Waals surface area contributed by atoms with E-state index in [9.17, 15) is 13.5 Å². The van der Waals surface area contributed by atoms with E-state index < -0.39 is 15.4 Å². The van der Waals surface area contributed by atoms with Crippen molar-refractivity contribution >= 4 is 21.2 Å². The maximum atomic E-state index is 11.6. The van der Waals surface area contributed by atoms with E-state index in [0.29, 0.717) is 24.5 Å². The average molecular weight is 256 g/mol. The number of aliphatic hydroxyl groups is 1. The van der Waals surface area contributed by atoms with E-state index in [1.54, 1.807) is 19.1 Å². The normalized spacial score (nSPS) is 18.9. The minimum absolute atomic E-state index is 0.252. The van der Waals surface area contributed by atoms with Gasteiger partial charge in [-0.3, -0.25) is 0 Å². The van der Waals surface area contributed by atoms with Crippen LogP contribution in [0.15, 0.2) is 23.1 Å². The highest BCUT2D eigenvalue weighted by Gasteiger charge is 2.38. The number of sulfone groups is 1. The van der Waals surface area contributed by atoms with Crippen molar-refractivity contribution in [1.82, 2.24) is 0 Å². The van der Waals surface area contributed by atoms with Crippen LogP contribution < -0.4 is 10.6 Å². The Hall–Kier alpha value is -1.27. The predicted octanol–water partition coefficient (Wildman–Crippen LogP) is 0.243. The van der Waals surface area contributed by atoms with Gasteiger partial charge in [0.1, 0.15) is 0 Å². The highest BCUT2D eigenvalue weighted by atomic mass is 32.2. The Morgan fingerprint density at radius 3 is 2.47 bits per heavy atom. The first-order chi connectivity index (χ1) is 7.69. The molecule has 1 fully saturated rings. The average Bonchev–Trinajstić information content (AvgIpc) is 2.11. The van der Waals surface area contributed by atoms with Crippen molar-refractivity contribution in [3.05, 3.63) is 18.2 Å². The molecule has 3 N–H and O–H groups in total. The summed E-state index contributed by atoms with van der Waals surface area (Å²) < 4.78 is 23.3. The largest absolute Gasteiger partial charge is 0.399 e. The highest BCUT2D eigenvalue weighted by molar-refractivity contribution is 7.90. The van der Waals surface area contributed by atoms with E-state index >= 15 is 0 Å². The Morgan fingerprint density at radius 2 is 2.00 bits per heavy atom.